The van der Waals surface area contributed by atoms with E-state index in [2.05, 4.69) is 0 Å². The maximum atomic E-state index is 12.0. The molecule has 6 heteroatoms. The summed E-state index contributed by atoms with van der Waals surface area (Å²) in [6.45, 7) is 0.366. The average Bonchev–Trinajstić information content (AvgIpc) is 2.96. The molecule has 0 amide bonds. The number of hydrogen-bond donors (Lipinski definition) is 2. The molecule has 0 spiro atoms. The third-order valence-corrected chi connectivity index (χ3v) is 5.79. The summed E-state index contributed by atoms with van der Waals surface area (Å²) in [4.78, 5) is 13.0. The van der Waals surface area contributed by atoms with Crippen molar-refractivity contribution in [2.75, 3.05) is 13.7 Å². The molecule has 1 atom stereocenters. The lowest BCUT2D eigenvalue weighted by Gasteiger charge is -2.24. The van der Waals surface area contributed by atoms with Crippen molar-refractivity contribution in [3.05, 3.63) is 48.0 Å². The van der Waals surface area contributed by atoms with Crippen LogP contribution in [0.1, 0.15) is 10.8 Å². The first kappa shape index (κ1) is 16.1. The molecule has 1 aromatic heterocycles. The molecule has 4 rings (SSSR count). The fraction of sp³-hybridized carbons (Fsp3) is 0.211. The van der Waals surface area contributed by atoms with Gasteiger partial charge in [0, 0.05) is 28.0 Å². The molecule has 5 nitrogen and oxygen atoms in total. The molecule has 3 aromatic rings. The van der Waals surface area contributed by atoms with Crippen LogP contribution in [-0.2, 0) is 11.3 Å². The highest BCUT2D eigenvalue weighted by Gasteiger charge is 2.36. The molecule has 0 saturated carbocycles. The van der Waals surface area contributed by atoms with Crippen LogP contribution >= 0.6 is 11.8 Å². The number of carbonyl (C=O) groups is 1. The SMILES string of the molecule is COc1cccc2c1c1c(n2CCO)-c2ccccc2SC1C(=O)O. The molecule has 2 N–H and O–H groups in total. The van der Waals surface area contributed by atoms with Crippen LogP contribution in [0.4, 0.5) is 0 Å². The Morgan fingerprint density at radius 2 is 2.04 bits per heavy atom. The number of methoxy groups -OCH3 is 1. The highest BCUT2D eigenvalue weighted by molar-refractivity contribution is 8.00. The number of fused-ring (bicyclic) bond motifs is 5. The maximum absolute atomic E-state index is 12.0. The summed E-state index contributed by atoms with van der Waals surface area (Å²) in [6.07, 6.45) is 0. The number of carboxylic acid groups (broad SMARTS) is 1. The molecule has 1 unspecified atom stereocenters. The second-order valence-electron chi connectivity index (χ2n) is 5.82. The van der Waals surface area contributed by atoms with Crippen LogP contribution in [0.2, 0.25) is 0 Å². The zero-order chi connectivity index (χ0) is 17.6. The molecule has 1 aliphatic heterocycles. The van der Waals surface area contributed by atoms with Gasteiger partial charge >= 0.3 is 5.97 Å². The van der Waals surface area contributed by atoms with E-state index in [-0.39, 0.29) is 6.61 Å². The van der Waals surface area contributed by atoms with E-state index < -0.39 is 11.2 Å². The molecule has 0 radical (unpaired) electrons. The van der Waals surface area contributed by atoms with Crippen LogP contribution in [0.5, 0.6) is 5.75 Å². The smallest absolute Gasteiger partial charge is 0.321 e. The number of ether oxygens (including phenoxy) is 1. The first-order valence-corrected chi connectivity index (χ1v) is 8.84. The predicted molar refractivity (Wildman–Crippen MR) is 97.2 cm³/mol. The van der Waals surface area contributed by atoms with Gasteiger partial charge in [0.2, 0.25) is 0 Å². The number of hydrogen-bond acceptors (Lipinski definition) is 4. The van der Waals surface area contributed by atoms with E-state index in [0.29, 0.717) is 12.3 Å². The van der Waals surface area contributed by atoms with E-state index >= 15 is 0 Å². The van der Waals surface area contributed by atoms with Gasteiger partial charge in [0.1, 0.15) is 11.0 Å². The molecule has 0 bridgehead atoms. The van der Waals surface area contributed by atoms with Crippen molar-refractivity contribution in [3.8, 4) is 17.0 Å². The Kier molecular flexibility index (Phi) is 3.94. The number of aliphatic hydroxyl groups excluding tert-OH is 1. The van der Waals surface area contributed by atoms with Gasteiger partial charge in [-0.1, -0.05) is 24.3 Å². The number of carboxylic acids is 1. The van der Waals surface area contributed by atoms with Crippen molar-refractivity contribution < 1.29 is 19.7 Å². The largest absolute Gasteiger partial charge is 0.496 e. The van der Waals surface area contributed by atoms with Gasteiger partial charge in [0.15, 0.2) is 0 Å². The monoisotopic (exact) mass is 355 g/mol. The Balaban J connectivity index is 2.18. The van der Waals surface area contributed by atoms with Crippen molar-refractivity contribution >= 4 is 28.6 Å². The number of rotatable bonds is 4. The highest BCUT2D eigenvalue weighted by atomic mass is 32.2. The molecule has 2 heterocycles. The van der Waals surface area contributed by atoms with Gasteiger partial charge in [0.05, 0.1) is 24.9 Å². The fourth-order valence-electron chi connectivity index (χ4n) is 3.57. The van der Waals surface area contributed by atoms with E-state index in [1.54, 1.807) is 7.11 Å². The number of aliphatic carboxylic acids is 1. The first-order chi connectivity index (χ1) is 12.2. The molecular formula is C19H17NO4S. The Hall–Kier alpha value is -2.44. The molecule has 0 saturated heterocycles. The van der Waals surface area contributed by atoms with E-state index in [0.717, 1.165) is 32.6 Å². The van der Waals surface area contributed by atoms with Gasteiger partial charge in [-0.2, -0.15) is 0 Å². The minimum atomic E-state index is -0.880. The number of nitrogens with zero attached hydrogens (tertiary/aromatic N) is 1. The third kappa shape index (κ3) is 2.33. The summed E-state index contributed by atoms with van der Waals surface area (Å²) in [5, 5.41) is 19.5. The summed E-state index contributed by atoms with van der Waals surface area (Å²) in [7, 11) is 1.59. The van der Waals surface area contributed by atoms with Gasteiger partial charge in [-0.3, -0.25) is 4.79 Å². The zero-order valence-corrected chi connectivity index (χ0v) is 14.4. The van der Waals surface area contributed by atoms with Crippen molar-refractivity contribution in [2.24, 2.45) is 0 Å². The molecule has 25 heavy (non-hydrogen) atoms. The van der Waals surface area contributed by atoms with Crippen LogP contribution < -0.4 is 4.74 Å². The fourth-order valence-corrected chi connectivity index (χ4v) is 4.72. The Labute approximate surface area is 148 Å². The second-order valence-corrected chi connectivity index (χ2v) is 6.97. The summed E-state index contributed by atoms with van der Waals surface area (Å²) < 4.78 is 7.52. The number of aliphatic hydroxyl groups is 1. The molecule has 0 fully saturated rings. The standard InChI is InChI=1S/C19H17NO4S/c1-24-13-7-4-6-12-15(13)16-17(20(12)9-10-21)11-5-2-3-8-14(11)25-18(16)19(22)23/h2-8,18,21H,9-10H2,1H3,(H,22,23). The van der Waals surface area contributed by atoms with Crippen LogP contribution in [0.3, 0.4) is 0 Å². The second kappa shape index (κ2) is 6.13. The zero-order valence-electron chi connectivity index (χ0n) is 13.6. The molecule has 2 aromatic carbocycles. The number of aromatic nitrogens is 1. The average molecular weight is 355 g/mol. The van der Waals surface area contributed by atoms with Crippen LogP contribution in [-0.4, -0.2) is 34.5 Å². The van der Waals surface area contributed by atoms with Crippen molar-refractivity contribution in [3.63, 3.8) is 0 Å². The van der Waals surface area contributed by atoms with Crippen molar-refractivity contribution in [1.82, 2.24) is 4.57 Å². The lowest BCUT2D eigenvalue weighted by atomic mass is 10.0. The van der Waals surface area contributed by atoms with Crippen LogP contribution in [0.25, 0.3) is 22.2 Å². The van der Waals surface area contributed by atoms with Gasteiger partial charge in [-0.15, -0.1) is 11.8 Å². The number of thioether (sulfide) groups is 1. The minimum absolute atomic E-state index is 0.0273. The predicted octanol–water partition coefficient (Wildman–Crippen LogP) is 3.54. The summed E-state index contributed by atoms with van der Waals surface area (Å²) in [5.74, 6) is -0.230. The molecule has 0 aliphatic carbocycles. The highest BCUT2D eigenvalue weighted by Crippen LogP contribution is 2.54. The molecular weight excluding hydrogens is 338 g/mol. The van der Waals surface area contributed by atoms with Gasteiger partial charge in [-0.05, 0) is 18.2 Å². The van der Waals surface area contributed by atoms with Gasteiger partial charge < -0.3 is 19.5 Å². The van der Waals surface area contributed by atoms with Gasteiger partial charge in [0.25, 0.3) is 0 Å². The lowest BCUT2D eigenvalue weighted by Crippen LogP contribution is -2.14. The lowest BCUT2D eigenvalue weighted by molar-refractivity contribution is -0.136. The van der Waals surface area contributed by atoms with E-state index in [4.69, 9.17) is 4.74 Å². The van der Waals surface area contributed by atoms with Crippen LogP contribution in [0, 0.1) is 0 Å². The normalized spacial score (nSPS) is 15.7. The molecule has 1 aliphatic rings. The van der Waals surface area contributed by atoms with E-state index in [1.165, 1.54) is 11.8 Å². The Morgan fingerprint density at radius 3 is 2.76 bits per heavy atom. The summed E-state index contributed by atoms with van der Waals surface area (Å²) >= 11 is 1.34. The summed E-state index contributed by atoms with van der Waals surface area (Å²) in [6, 6.07) is 13.5. The van der Waals surface area contributed by atoms with Crippen molar-refractivity contribution in [2.45, 2.75) is 16.7 Å². The minimum Gasteiger partial charge on any atom is -0.496 e. The summed E-state index contributed by atoms with van der Waals surface area (Å²) in [5.41, 5.74) is 3.47. The van der Waals surface area contributed by atoms with Crippen LogP contribution in [0.15, 0.2) is 47.4 Å². The third-order valence-electron chi connectivity index (χ3n) is 4.51. The maximum Gasteiger partial charge on any atom is 0.321 e. The topological polar surface area (TPSA) is 71.7 Å². The van der Waals surface area contributed by atoms with E-state index in [1.807, 2.05) is 47.0 Å². The molecule has 128 valence electrons. The van der Waals surface area contributed by atoms with Gasteiger partial charge in [-0.25, -0.2) is 0 Å². The quantitative estimate of drug-likeness (QED) is 0.749. The van der Waals surface area contributed by atoms with E-state index in [9.17, 15) is 15.0 Å². The first-order valence-electron chi connectivity index (χ1n) is 7.96. The Bertz CT molecular complexity index is 979. The Morgan fingerprint density at radius 1 is 1.24 bits per heavy atom. The van der Waals surface area contributed by atoms with Crippen molar-refractivity contribution in [1.29, 1.82) is 0 Å². The number of benzene rings is 2.